The van der Waals surface area contributed by atoms with Crippen LogP contribution in [0.1, 0.15) is 36.8 Å². The Kier molecular flexibility index (Phi) is 14.5. The van der Waals surface area contributed by atoms with Crippen molar-refractivity contribution in [2.75, 3.05) is 26.7 Å². The van der Waals surface area contributed by atoms with E-state index in [0.29, 0.717) is 5.56 Å². The minimum absolute atomic E-state index is 0.00536. The molecule has 17 nitrogen and oxygen atoms in total. The van der Waals surface area contributed by atoms with E-state index in [0.717, 1.165) is 16.3 Å². The van der Waals surface area contributed by atoms with Crippen LogP contribution in [0.2, 0.25) is 0 Å². The molecule has 0 aliphatic carbocycles. The van der Waals surface area contributed by atoms with E-state index in [9.17, 15) is 29.1 Å². The first-order chi connectivity index (χ1) is 25.8. The Hall–Kier alpha value is -6.39. The van der Waals surface area contributed by atoms with E-state index in [1.54, 1.807) is 12.1 Å². The maximum atomic E-state index is 14.2. The third kappa shape index (κ3) is 12.1. The van der Waals surface area contributed by atoms with Crippen molar-refractivity contribution in [3.63, 3.8) is 0 Å². The maximum absolute atomic E-state index is 14.2. The fourth-order valence-electron chi connectivity index (χ4n) is 6.01. The van der Waals surface area contributed by atoms with Gasteiger partial charge in [0.05, 0.1) is 6.54 Å². The summed E-state index contributed by atoms with van der Waals surface area (Å²) in [6, 6.07) is 14.9. The van der Waals surface area contributed by atoms with E-state index in [1.807, 2.05) is 42.5 Å². The molecule has 0 radical (unpaired) electrons. The predicted octanol–water partition coefficient (Wildman–Crippen LogP) is -1.15. The molecule has 5 amide bonds. The van der Waals surface area contributed by atoms with Gasteiger partial charge in [0.1, 0.15) is 29.9 Å². The number of nitrogens with zero attached hydrogens (tertiary/aromatic N) is 3. The Labute approximate surface area is 313 Å². The van der Waals surface area contributed by atoms with Gasteiger partial charge in [-0.1, -0.05) is 54.6 Å². The van der Waals surface area contributed by atoms with Crippen LogP contribution >= 0.6 is 0 Å². The second-order valence-electron chi connectivity index (χ2n) is 13.1. The number of aliphatic imine (C=N–C) groups is 2. The highest BCUT2D eigenvalue weighted by atomic mass is 16.3. The molecule has 3 aromatic carbocycles. The summed E-state index contributed by atoms with van der Waals surface area (Å²) >= 11 is 0. The van der Waals surface area contributed by atoms with Crippen LogP contribution in [0.4, 0.5) is 0 Å². The fourth-order valence-corrected chi connectivity index (χ4v) is 6.01. The number of phenolic OH excluding ortho intramolecular Hbond substituents is 1. The van der Waals surface area contributed by atoms with Crippen LogP contribution in [0.15, 0.2) is 76.7 Å². The summed E-state index contributed by atoms with van der Waals surface area (Å²) in [7, 11) is 1.45. The molecule has 1 aliphatic rings. The molecule has 1 heterocycles. The lowest BCUT2D eigenvalue weighted by Crippen LogP contribution is -2.58. The van der Waals surface area contributed by atoms with E-state index in [-0.39, 0.29) is 69.3 Å². The summed E-state index contributed by atoms with van der Waals surface area (Å²) in [6.45, 7) is -0.168. The molecular formula is C37H49N11O6. The van der Waals surface area contributed by atoms with Gasteiger partial charge in [0, 0.05) is 33.0 Å². The Bertz CT molecular complexity index is 1860. The van der Waals surface area contributed by atoms with Crippen molar-refractivity contribution >= 4 is 52.2 Å². The van der Waals surface area contributed by atoms with Gasteiger partial charge in [0.15, 0.2) is 11.9 Å². The Morgan fingerprint density at radius 2 is 1.22 bits per heavy atom. The lowest BCUT2D eigenvalue weighted by molar-refractivity contribution is -0.140. The number of guanidine groups is 2. The maximum Gasteiger partial charge on any atom is 0.243 e. The molecule has 0 saturated carbocycles. The highest BCUT2D eigenvalue weighted by Gasteiger charge is 2.34. The zero-order valence-electron chi connectivity index (χ0n) is 30.2. The van der Waals surface area contributed by atoms with Gasteiger partial charge >= 0.3 is 0 Å². The minimum atomic E-state index is -1.19. The standard InChI is InChI=1S/C37H49N11O6/c1-48-30(20-23-10-13-24-6-2-3-7-25(24)18-23)35(54)46-28(9-5-17-43-37(40)41)33(52)45-27(8-4-16-42-36(38)39)34(53)47-29(32(51)44-21-31(48)50)19-22-11-14-26(49)15-12-22/h2-3,6-7,10-15,18,27-30,49H,4-5,8-9,16-17,19-21H2,1H3,(H,44,51)(H,45,52)(H,46,54)(H,47,53)(H4,38,39,42)(H4,40,41,43)/t27-,28-,29+,30-/m0/s1. The van der Waals surface area contributed by atoms with Crippen molar-refractivity contribution < 1.29 is 29.1 Å². The van der Waals surface area contributed by atoms with Crippen molar-refractivity contribution in [3.05, 3.63) is 77.9 Å². The smallest absolute Gasteiger partial charge is 0.243 e. The summed E-state index contributed by atoms with van der Waals surface area (Å²) < 4.78 is 0. The summed E-state index contributed by atoms with van der Waals surface area (Å²) in [5.74, 6) is -3.51. The number of carbonyl (C=O) groups is 5. The third-order valence-corrected chi connectivity index (χ3v) is 8.99. The number of amides is 5. The zero-order valence-corrected chi connectivity index (χ0v) is 30.2. The predicted molar refractivity (Wildman–Crippen MR) is 205 cm³/mol. The third-order valence-electron chi connectivity index (χ3n) is 8.99. The molecule has 4 rings (SSSR count). The quantitative estimate of drug-likeness (QED) is 0.0610. The summed E-state index contributed by atoms with van der Waals surface area (Å²) in [5, 5.41) is 22.6. The van der Waals surface area contributed by atoms with Gasteiger partial charge in [-0.15, -0.1) is 0 Å². The molecule has 1 saturated heterocycles. The second-order valence-corrected chi connectivity index (χ2v) is 13.1. The number of hydrogen-bond acceptors (Lipinski definition) is 8. The van der Waals surface area contributed by atoms with Gasteiger partial charge < -0.3 is 54.2 Å². The fraction of sp³-hybridized carbons (Fsp3) is 0.378. The molecular weight excluding hydrogens is 694 g/mol. The number of nitrogens with one attached hydrogen (secondary N) is 4. The molecule has 4 atom stereocenters. The molecule has 17 heteroatoms. The summed E-state index contributed by atoms with van der Waals surface area (Å²) in [6.07, 6.45) is 0.804. The van der Waals surface area contributed by atoms with Gasteiger partial charge in [0.2, 0.25) is 29.5 Å². The van der Waals surface area contributed by atoms with Crippen LogP contribution in [0.25, 0.3) is 10.8 Å². The van der Waals surface area contributed by atoms with Crippen molar-refractivity contribution in [3.8, 4) is 5.75 Å². The van der Waals surface area contributed by atoms with Crippen LogP contribution in [0, 0.1) is 0 Å². The first-order valence-electron chi connectivity index (χ1n) is 17.6. The highest BCUT2D eigenvalue weighted by Crippen LogP contribution is 2.19. The first kappa shape index (κ1) is 40.4. The van der Waals surface area contributed by atoms with E-state index in [4.69, 9.17) is 22.9 Å². The summed E-state index contributed by atoms with van der Waals surface area (Å²) in [4.78, 5) is 78.5. The Balaban J connectivity index is 1.71. The lowest BCUT2D eigenvalue weighted by Gasteiger charge is -2.30. The van der Waals surface area contributed by atoms with Gasteiger partial charge in [0.25, 0.3) is 0 Å². The zero-order chi connectivity index (χ0) is 39.2. The number of likely N-dealkylation sites (N-methyl/N-ethyl adjacent to an activating group) is 1. The molecule has 0 spiro atoms. The number of benzene rings is 3. The number of fused-ring (bicyclic) bond motifs is 1. The molecule has 288 valence electrons. The number of hydrogen-bond donors (Lipinski definition) is 9. The molecule has 1 aliphatic heterocycles. The molecule has 0 bridgehead atoms. The van der Waals surface area contributed by atoms with Crippen molar-refractivity contribution in [2.24, 2.45) is 32.9 Å². The normalized spacial score (nSPS) is 20.1. The first-order valence-corrected chi connectivity index (χ1v) is 17.6. The molecule has 3 aromatic rings. The van der Waals surface area contributed by atoms with E-state index in [1.165, 1.54) is 24.1 Å². The van der Waals surface area contributed by atoms with Crippen LogP contribution in [-0.2, 0) is 36.8 Å². The highest BCUT2D eigenvalue weighted by molar-refractivity contribution is 5.97. The van der Waals surface area contributed by atoms with Crippen molar-refractivity contribution in [2.45, 2.75) is 62.7 Å². The van der Waals surface area contributed by atoms with Crippen LogP contribution in [0.5, 0.6) is 5.75 Å². The number of carbonyl (C=O) groups excluding carboxylic acids is 5. The van der Waals surface area contributed by atoms with E-state index >= 15 is 0 Å². The number of aromatic hydroxyl groups is 1. The monoisotopic (exact) mass is 743 g/mol. The van der Waals surface area contributed by atoms with Crippen molar-refractivity contribution in [1.29, 1.82) is 0 Å². The SMILES string of the molecule is CN1C(=O)CNC(=O)[C@@H](Cc2ccc(O)cc2)NC(=O)[C@H](CCCN=C(N)N)NC(=O)[C@H](CCCN=C(N)N)NC(=O)[C@@H]1Cc1ccc2ccccc2c1. The number of nitrogens with two attached hydrogens (primary N) is 4. The average Bonchev–Trinajstić information content (AvgIpc) is 3.14. The lowest BCUT2D eigenvalue weighted by atomic mass is 9.99. The minimum Gasteiger partial charge on any atom is -0.508 e. The Morgan fingerprint density at radius 1 is 0.685 bits per heavy atom. The van der Waals surface area contributed by atoms with Gasteiger partial charge in [-0.3, -0.25) is 34.0 Å². The van der Waals surface area contributed by atoms with Gasteiger partial charge in [-0.2, -0.15) is 0 Å². The molecule has 54 heavy (non-hydrogen) atoms. The van der Waals surface area contributed by atoms with Crippen LogP contribution in [0.3, 0.4) is 0 Å². The van der Waals surface area contributed by atoms with Crippen LogP contribution in [-0.4, -0.2) is 102 Å². The van der Waals surface area contributed by atoms with E-state index in [2.05, 4.69) is 31.3 Å². The molecule has 1 fully saturated rings. The van der Waals surface area contributed by atoms with E-state index < -0.39 is 60.2 Å². The number of phenols is 1. The molecule has 13 N–H and O–H groups in total. The van der Waals surface area contributed by atoms with Gasteiger partial charge in [-0.05, 0) is 59.7 Å². The number of rotatable bonds is 12. The topological polar surface area (TPSA) is 286 Å². The van der Waals surface area contributed by atoms with Crippen molar-refractivity contribution in [1.82, 2.24) is 26.2 Å². The Morgan fingerprint density at radius 3 is 1.81 bits per heavy atom. The molecule has 0 aromatic heterocycles. The average molecular weight is 744 g/mol. The largest absolute Gasteiger partial charge is 0.508 e. The second kappa shape index (κ2) is 19.4. The van der Waals surface area contributed by atoms with Gasteiger partial charge in [-0.25, -0.2) is 0 Å². The molecule has 0 unspecified atom stereocenters. The van der Waals surface area contributed by atoms with Crippen LogP contribution < -0.4 is 44.2 Å². The summed E-state index contributed by atoms with van der Waals surface area (Å²) in [5.41, 5.74) is 23.3.